The minimum atomic E-state index is 0.958. The molecule has 0 fully saturated rings. The lowest BCUT2D eigenvalue weighted by molar-refractivity contribution is 1.22. The van der Waals surface area contributed by atoms with Crippen LogP contribution in [0.5, 0.6) is 0 Å². The van der Waals surface area contributed by atoms with Gasteiger partial charge in [0.2, 0.25) is 0 Å². The van der Waals surface area contributed by atoms with Gasteiger partial charge < -0.3 is 0 Å². The van der Waals surface area contributed by atoms with E-state index in [0.29, 0.717) is 0 Å². The molecule has 0 saturated carbocycles. The zero-order valence-corrected chi connectivity index (χ0v) is 7.38. The van der Waals surface area contributed by atoms with Crippen LogP contribution in [0, 0.1) is 5.51 Å². The summed E-state index contributed by atoms with van der Waals surface area (Å²) >= 11 is 1.51. The number of hydrogen-bond acceptors (Lipinski definition) is 4. The van der Waals surface area contributed by atoms with Gasteiger partial charge in [-0.1, -0.05) is 0 Å². The van der Waals surface area contributed by atoms with Gasteiger partial charge in [-0.2, -0.15) is 0 Å². The first kappa shape index (κ1) is 6.91. The van der Waals surface area contributed by atoms with Crippen LogP contribution in [0.3, 0.4) is 0 Å². The zero-order chi connectivity index (χ0) is 8.67. The highest BCUT2D eigenvalue weighted by molar-refractivity contribution is 7.16. The number of aromatic nitrogens is 3. The molecule has 2 heterocycles. The van der Waals surface area contributed by atoms with E-state index in [1.807, 2.05) is 12.1 Å². The van der Waals surface area contributed by atoms with Gasteiger partial charge >= 0.3 is 0 Å². The Morgan fingerprint density at radius 1 is 1.23 bits per heavy atom. The fourth-order valence-corrected chi connectivity index (χ4v) is 1.91. The van der Waals surface area contributed by atoms with Crippen LogP contribution in [0.15, 0.2) is 24.7 Å². The number of hydrogen-bond donors (Lipinski definition) is 0. The van der Waals surface area contributed by atoms with Crippen LogP contribution in [0.4, 0.5) is 0 Å². The minimum absolute atomic E-state index is 0.958. The minimum Gasteiger partial charge on any atom is -0.244 e. The molecule has 0 atom stereocenters. The van der Waals surface area contributed by atoms with E-state index in [-0.39, 0.29) is 0 Å². The van der Waals surface area contributed by atoms with E-state index in [1.165, 1.54) is 11.3 Å². The predicted octanol–water partition coefficient (Wildman–Crippen LogP) is 2.04. The number of rotatable bonds is 0. The van der Waals surface area contributed by atoms with Crippen molar-refractivity contribution >= 4 is 32.5 Å². The van der Waals surface area contributed by atoms with Gasteiger partial charge in [-0.25, -0.2) is 15.0 Å². The molecule has 13 heavy (non-hydrogen) atoms. The predicted molar refractivity (Wildman–Crippen MR) is 51.6 cm³/mol. The van der Waals surface area contributed by atoms with Crippen LogP contribution in [-0.4, -0.2) is 15.0 Å². The lowest BCUT2D eigenvalue weighted by Gasteiger charge is -1.94. The quantitative estimate of drug-likeness (QED) is 0.539. The van der Waals surface area contributed by atoms with Gasteiger partial charge in [0.1, 0.15) is 6.33 Å². The molecule has 0 aliphatic heterocycles. The van der Waals surface area contributed by atoms with Crippen molar-refractivity contribution in [1.29, 1.82) is 0 Å². The molecule has 61 valence electrons. The van der Waals surface area contributed by atoms with Crippen molar-refractivity contribution < 1.29 is 0 Å². The largest absolute Gasteiger partial charge is 0.244 e. The van der Waals surface area contributed by atoms with Gasteiger partial charge in [0, 0.05) is 11.6 Å². The highest BCUT2D eigenvalue weighted by Crippen LogP contribution is 2.22. The highest BCUT2D eigenvalue weighted by Gasteiger charge is 2.00. The SMILES string of the molecule is [c]1nc2cc3cncnc3cc2s1. The summed E-state index contributed by atoms with van der Waals surface area (Å²) < 4.78 is 1.12. The summed E-state index contributed by atoms with van der Waals surface area (Å²) in [5, 5.41) is 1.02. The Morgan fingerprint density at radius 3 is 3.23 bits per heavy atom. The Hall–Kier alpha value is -1.55. The molecular weight excluding hydrogens is 182 g/mol. The van der Waals surface area contributed by atoms with Crippen molar-refractivity contribution in [3.8, 4) is 0 Å². The fourth-order valence-electron chi connectivity index (χ4n) is 1.29. The number of thiazole rings is 1. The van der Waals surface area contributed by atoms with Crippen molar-refractivity contribution in [2.45, 2.75) is 0 Å². The first-order valence-electron chi connectivity index (χ1n) is 3.80. The molecule has 1 radical (unpaired) electrons. The van der Waals surface area contributed by atoms with Gasteiger partial charge in [0.25, 0.3) is 0 Å². The van der Waals surface area contributed by atoms with E-state index < -0.39 is 0 Å². The summed E-state index contributed by atoms with van der Waals surface area (Å²) in [5.41, 5.74) is 4.78. The summed E-state index contributed by atoms with van der Waals surface area (Å²) in [5.74, 6) is 0. The van der Waals surface area contributed by atoms with Gasteiger partial charge in [0.05, 0.1) is 15.7 Å². The number of benzene rings is 1. The highest BCUT2D eigenvalue weighted by atomic mass is 32.1. The molecule has 0 bridgehead atoms. The van der Waals surface area contributed by atoms with Crippen LogP contribution in [-0.2, 0) is 0 Å². The molecule has 0 unspecified atom stereocenters. The smallest absolute Gasteiger partial charge is 0.153 e. The van der Waals surface area contributed by atoms with E-state index in [9.17, 15) is 0 Å². The van der Waals surface area contributed by atoms with Crippen LogP contribution in [0.2, 0.25) is 0 Å². The zero-order valence-electron chi connectivity index (χ0n) is 6.56. The molecule has 3 aromatic rings. The molecule has 2 aromatic heterocycles. The Bertz CT molecular complexity index is 523. The molecule has 0 amide bonds. The van der Waals surface area contributed by atoms with E-state index in [0.717, 1.165) is 21.1 Å². The standard InChI is InChI=1S/C9H4N3S/c1-6-3-10-4-11-7(6)2-9-8(1)12-5-13-9/h1-4H. The number of fused-ring (bicyclic) bond motifs is 2. The van der Waals surface area contributed by atoms with E-state index in [4.69, 9.17) is 0 Å². The maximum atomic E-state index is 4.16. The lowest BCUT2D eigenvalue weighted by Crippen LogP contribution is -1.79. The van der Waals surface area contributed by atoms with Crippen LogP contribution >= 0.6 is 11.3 Å². The second kappa shape index (κ2) is 2.47. The Balaban J connectivity index is 2.57. The second-order valence-electron chi connectivity index (χ2n) is 2.71. The molecule has 3 rings (SSSR count). The molecule has 4 heteroatoms. The Morgan fingerprint density at radius 2 is 2.23 bits per heavy atom. The molecule has 0 saturated heterocycles. The van der Waals surface area contributed by atoms with Crippen molar-refractivity contribution in [3.63, 3.8) is 0 Å². The first-order chi connectivity index (χ1) is 6.43. The monoisotopic (exact) mass is 186 g/mol. The van der Waals surface area contributed by atoms with Gasteiger partial charge in [-0.15, -0.1) is 11.3 Å². The summed E-state index contributed by atoms with van der Waals surface area (Å²) in [7, 11) is 0. The molecule has 3 nitrogen and oxygen atoms in total. The van der Waals surface area contributed by atoms with Gasteiger partial charge in [-0.05, 0) is 12.1 Å². The maximum Gasteiger partial charge on any atom is 0.153 e. The molecular formula is C9H4N3S. The molecule has 1 aromatic carbocycles. The third-order valence-corrected chi connectivity index (χ3v) is 2.64. The average Bonchev–Trinajstić information content (AvgIpc) is 2.61. The average molecular weight is 186 g/mol. The third kappa shape index (κ3) is 0.990. The molecule has 0 spiro atoms. The summed E-state index contributed by atoms with van der Waals surface area (Å²) in [6.07, 6.45) is 3.35. The van der Waals surface area contributed by atoms with Crippen molar-refractivity contribution in [1.82, 2.24) is 15.0 Å². The van der Waals surface area contributed by atoms with Gasteiger partial charge in [0.15, 0.2) is 5.51 Å². The topological polar surface area (TPSA) is 38.7 Å². The summed E-state index contributed by atoms with van der Waals surface area (Å²) in [6.45, 7) is 0. The fraction of sp³-hybridized carbons (Fsp3) is 0. The molecule has 0 aliphatic carbocycles. The molecule has 0 aliphatic rings. The van der Waals surface area contributed by atoms with E-state index in [2.05, 4.69) is 20.5 Å². The Labute approximate surface area is 78.1 Å². The van der Waals surface area contributed by atoms with Crippen LogP contribution < -0.4 is 0 Å². The molecule has 0 N–H and O–H groups in total. The van der Waals surface area contributed by atoms with E-state index >= 15 is 0 Å². The van der Waals surface area contributed by atoms with Crippen LogP contribution in [0.25, 0.3) is 21.1 Å². The van der Waals surface area contributed by atoms with Crippen molar-refractivity contribution in [2.24, 2.45) is 0 Å². The van der Waals surface area contributed by atoms with Crippen molar-refractivity contribution in [3.05, 3.63) is 30.2 Å². The lowest BCUT2D eigenvalue weighted by atomic mass is 10.2. The maximum absolute atomic E-state index is 4.16. The number of nitrogens with zero attached hydrogens (tertiary/aromatic N) is 3. The van der Waals surface area contributed by atoms with E-state index in [1.54, 1.807) is 12.5 Å². The first-order valence-corrected chi connectivity index (χ1v) is 4.61. The second-order valence-corrected chi connectivity index (χ2v) is 3.53. The van der Waals surface area contributed by atoms with Crippen LogP contribution in [0.1, 0.15) is 0 Å². The Kier molecular flexibility index (Phi) is 1.31. The summed E-state index contributed by atoms with van der Waals surface area (Å²) in [6, 6.07) is 4.00. The normalized spacial score (nSPS) is 11.1. The van der Waals surface area contributed by atoms with Gasteiger partial charge in [-0.3, -0.25) is 0 Å². The summed E-state index contributed by atoms with van der Waals surface area (Å²) in [4.78, 5) is 12.2. The van der Waals surface area contributed by atoms with Crippen molar-refractivity contribution in [2.75, 3.05) is 0 Å². The third-order valence-electron chi connectivity index (χ3n) is 1.91.